The molecule has 3 rings (SSSR count). The van der Waals surface area contributed by atoms with Crippen LogP contribution in [0.1, 0.15) is 18.1 Å². The number of ether oxygens (including phenoxy) is 1. The van der Waals surface area contributed by atoms with Crippen LogP contribution in [0, 0.1) is 10.1 Å². The van der Waals surface area contributed by atoms with Crippen molar-refractivity contribution in [1.29, 1.82) is 0 Å². The van der Waals surface area contributed by atoms with Crippen molar-refractivity contribution in [3.05, 3.63) is 82.2 Å². The largest absolute Gasteiger partial charge is 0.496 e. The number of hydrogen-bond donors (Lipinski definition) is 1. The Morgan fingerprint density at radius 1 is 1.21 bits per heavy atom. The highest BCUT2D eigenvalue weighted by atomic mass is 32.2. The molecule has 0 saturated heterocycles. The van der Waals surface area contributed by atoms with Crippen LogP contribution in [-0.2, 0) is 5.75 Å². The molecule has 3 aromatic rings. The first kappa shape index (κ1) is 20.3. The number of benzene rings is 2. The minimum atomic E-state index is -0.443. The second-order valence-corrected chi connectivity index (χ2v) is 6.87. The van der Waals surface area contributed by atoms with Crippen LogP contribution in [0.15, 0.2) is 71.2 Å². The first-order chi connectivity index (χ1) is 14.1. The van der Waals surface area contributed by atoms with Crippen molar-refractivity contribution in [1.82, 2.24) is 9.97 Å². The first-order valence-electron chi connectivity index (χ1n) is 8.69. The molecule has 0 radical (unpaired) electrons. The Morgan fingerprint density at radius 3 is 2.69 bits per heavy atom. The molecule has 1 heterocycles. The van der Waals surface area contributed by atoms with Gasteiger partial charge in [0.2, 0.25) is 0 Å². The fourth-order valence-electron chi connectivity index (χ4n) is 2.55. The molecule has 0 aliphatic carbocycles. The summed E-state index contributed by atoms with van der Waals surface area (Å²) in [5.74, 6) is 1.39. The highest BCUT2D eigenvalue weighted by molar-refractivity contribution is 7.98. The van der Waals surface area contributed by atoms with E-state index >= 15 is 0 Å². The molecule has 0 aliphatic heterocycles. The quantitative estimate of drug-likeness (QED) is 0.192. The highest BCUT2D eigenvalue weighted by Gasteiger charge is 2.12. The fraction of sp³-hybridized carbons (Fsp3) is 0.150. The van der Waals surface area contributed by atoms with E-state index < -0.39 is 4.92 Å². The van der Waals surface area contributed by atoms with Crippen LogP contribution in [0.3, 0.4) is 0 Å². The number of aromatic nitrogens is 2. The maximum absolute atomic E-state index is 11.1. The minimum absolute atomic E-state index is 0.0290. The third-order valence-electron chi connectivity index (χ3n) is 4.04. The molecule has 0 atom stereocenters. The molecule has 0 spiro atoms. The molecule has 148 valence electrons. The van der Waals surface area contributed by atoms with Crippen molar-refractivity contribution in [3.8, 4) is 5.75 Å². The Morgan fingerprint density at radius 2 is 1.97 bits per heavy atom. The predicted octanol–water partition coefficient (Wildman–Crippen LogP) is 4.52. The normalized spacial score (nSPS) is 11.2. The number of anilines is 1. The smallest absolute Gasteiger partial charge is 0.294 e. The maximum Gasteiger partial charge on any atom is 0.294 e. The number of nitro benzene ring substituents is 1. The molecule has 1 N–H and O–H groups in total. The Balaban J connectivity index is 1.79. The monoisotopic (exact) mass is 409 g/mol. The van der Waals surface area contributed by atoms with Gasteiger partial charge in [0.15, 0.2) is 5.16 Å². The van der Waals surface area contributed by atoms with Gasteiger partial charge in [0.05, 0.1) is 17.7 Å². The van der Waals surface area contributed by atoms with E-state index in [1.165, 1.54) is 17.8 Å². The summed E-state index contributed by atoms with van der Waals surface area (Å²) in [4.78, 5) is 19.1. The van der Waals surface area contributed by atoms with Gasteiger partial charge >= 0.3 is 0 Å². The average molecular weight is 409 g/mol. The van der Waals surface area contributed by atoms with Gasteiger partial charge in [0.25, 0.3) is 5.69 Å². The van der Waals surface area contributed by atoms with Crippen LogP contribution >= 0.6 is 11.8 Å². The van der Waals surface area contributed by atoms with Crippen molar-refractivity contribution in [2.24, 2.45) is 5.10 Å². The van der Waals surface area contributed by atoms with Crippen LogP contribution in [0.4, 0.5) is 11.4 Å². The molecule has 0 saturated carbocycles. The van der Waals surface area contributed by atoms with E-state index in [1.54, 1.807) is 43.8 Å². The summed E-state index contributed by atoms with van der Waals surface area (Å²) in [6, 6.07) is 13.9. The number of hydrazone groups is 1. The molecule has 29 heavy (non-hydrogen) atoms. The lowest BCUT2D eigenvalue weighted by atomic mass is 10.1. The van der Waals surface area contributed by atoms with Crippen molar-refractivity contribution in [2.45, 2.75) is 17.8 Å². The van der Waals surface area contributed by atoms with E-state index in [-0.39, 0.29) is 5.69 Å². The van der Waals surface area contributed by atoms with Gasteiger partial charge in [-0.05, 0) is 42.8 Å². The standard InChI is InChI=1S/C20H19N5O3S/c1-14(23-24-17-6-3-4-7-18(17)25(26)27)15-8-9-19(28-2)16(12-15)13-29-20-21-10-5-11-22-20/h3-12,24H,13H2,1-2H3/b23-14-. The number of nitro groups is 1. The van der Waals surface area contributed by atoms with E-state index in [1.807, 2.05) is 25.1 Å². The number of methoxy groups -OCH3 is 1. The van der Waals surface area contributed by atoms with Crippen LogP contribution in [0.2, 0.25) is 0 Å². The molecule has 9 heteroatoms. The third-order valence-corrected chi connectivity index (χ3v) is 4.97. The van der Waals surface area contributed by atoms with Crippen molar-refractivity contribution < 1.29 is 9.66 Å². The van der Waals surface area contributed by atoms with Crippen molar-refractivity contribution in [3.63, 3.8) is 0 Å². The van der Waals surface area contributed by atoms with Gasteiger partial charge in [-0.25, -0.2) is 9.97 Å². The van der Waals surface area contributed by atoms with Crippen LogP contribution in [0.5, 0.6) is 5.75 Å². The van der Waals surface area contributed by atoms with E-state index in [0.29, 0.717) is 22.3 Å². The van der Waals surface area contributed by atoms with Gasteiger partial charge in [-0.1, -0.05) is 23.9 Å². The molecular weight excluding hydrogens is 390 g/mol. The molecular formula is C20H19N5O3S. The number of thioether (sulfide) groups is 1. The summed E-state index contributed by atoms with van der Waals surface area (Å²) in [6.45, 7) is 1.83. The van der Waals surface area contributed by atoms with Gasteiger partial charge < -0.3 is 4.74 Å². The Bertz CT molecular complexity index is 1030. The minimum Gasteiger partial charge on any atom is -0.496 e. The molecule has 0 amide bonds. The summed E-state index contributed by atoms with van der Waals surface area (Å²) in [6.07, 6.45) is 3.41. The van der Waals surface area contributed by atoms with Gasteiger partial charge in [-0.2, -0.15) is 5.10 Å². The summed E-state index contributed by atoms with van der Waals surface area (Å²) in [7, 11) is 1.62. The van der Waals surface area contributed by atoms with Crippen LogP contribution in [0.25, 0.3) is 0 Å². The van der Waals surface area contributed by atoms with Crippen molar-refractivity contribution in [2.75, 3.05) is 12.5 Å². The Kier molecular flexibility index (Phi) is 6.75. The number of para-hydroxylation sites is 2. The lowest BCUT2D eigenvalue weighted by molar-refractivity contribution is -0.384. The first-order valence-corrected chi connectivity index (χ1v) is 9.68. The molecule has 8 nitrogen and oxygen atoms in total. The molecule has 1 aromatic heterocycles. The fourth-order valence-corrected chi connectivity index (χ4v) is 3.34. The zero-order valence-corrected chi connectivity index (χ0v) is 16.7. The lowest BCUT2D eigenvalue weighted by Gasteiger charge is -2.11. The zero-order valence-electron chi connectivity index (χ0n) is 15.9. The van der Waals surface area contributed by atoms with Gasteiger partial charge in [0.1, 0.15) is 11.4 Å². The maximum atomic E-state index is 11.1. The Labute approximate surface area is 172 Å². The number of hydrogen-bond acceptors (Lipinski definition) is 8. The topological polar surface area (TPSA) is 103 Å². The second-order valence-electron chi connectivity index (χ2n) is 5.93. The number of rotatable bonds is 8. The van der Waals surface area contributed by atoms with Gasteiger partial charge in [-0.3, -0.25) is 15.5 Å². The summed E-state index contributed by atoms with van der Waals surface area (Å²) >= 11 is 1.51. The third kappa shape index (κ3) is 5.29. The second kappa shape index (κ2) is 9.65. The predicted molar refractivity (Wildman–Crippen MR) is 114 cm³/mol. The van der Waals surface area contributed by atoms with E-state index in [4.69, 9.17) is 4.74 Å². The highest BCUT2D eigenvalue weighted by Crippen LogP contribution is 2.28. The lowest BCUT2D eigenvalue weighted by Crippen LogP contribution is -2.03. The van der Waals surface area contributed by atoms with Crippen LogP contribution < -0.4 is 10.2 Å². The molecule has 0 unspecified atom stereocenters. The molecule has 2 aromatic carbocycles. The summed E-state index contributed by atoms with van der Waals surface area (Å²) < 4.78 is 5.46. The average Bonchev–Trinajstić information content (AvgIpc) is 2.76. The molecule has 0 fully saturated rings. The zero-order chi connectivity index (χ0) is 20.6. The van der Waals surface area contributed by atoms with Gasteiger partial charge in [0, 0.05) is 29.8 Å². The molecule has 0 aliphatic rings. The van der Waals surface area contributed by atoms with Gasteiger partial charge in [-0.15, -0.1) is 0 Å². The SMILES string of the molecule is COc1ccc(/C(C)=N\Nc2ccccc2[N+](=O)[O-])cc1CSc1ncccn1. The summed E-state index contributed by atoms with van der Waals surface area (Å²) in [5.41, 5.74) is 5.63. The van der Waals surface area contributed by atoms with E-state index in [0.717, 1.165) is 16.9 Å². The Hall–Kier alpha value is -3.46. The van der Waals surface area contributed by atoms with Crippen molar-refractivity contribution >= 4 is 28.8 Å². The number of nitrogens with zero attached hydrogens (tertiary/aromatic N) is 4. The summed E-state index contributed by atoms with van der Waals surface area (Å²) in [5, 5.41) is 16.1. The van der Waals surface area contributed by atoms with E-state index in [9.17, 15) is 10.1 Å². The molecule has 0 bridgehead atoms. The van der Waals surface area contributed by atoms with E-state index in [2.05, 4.69) is 20.5 Å². The van der Waals surface area contributed by atoms with Crippen LogP contribution in [-0.4, -0.2) is 27.7 Å². The number of nitrogens with one attached hydrogen (secondary N) is 1.